The average Bonchev–Trinajstić information content (AvgIpc) is 2.92. The first-order chi connectivity index (χ1) is 12.5. The lowest BCUT2D eigenvalue weighted by molar-refractivity contribution is -0.384. The van der Waals surface area contributed by atoms with Gasteiger partial charge >= 0.3 is 0 Å². The molecule has 5 heteroatoms. The molecule has 26 heavy (non-hydrogen) atoms. The molecule has 0 N–H and O–H groups in total. The van der Waals surface area contributed by atoms with Crippen LogP contribution in [0.15, 0.2) is 36.4 Å². The quantitative estimate of drug-likeness (QED) is 0.449. The van der Waals surface area contributed by atoms with Crippen molar-refractivity contribution >= 4 is 17.2 Å². The Morgan fingerprint density at radius 2 is 1.65 bits per heavy atom. The molecular formula is C21H24N2O3. The monoisotopic (exact) mass is 352 g/mol. The molecule has 1 heterocycles. The third-order valence-corrected chi connectivity index (χ3v) is 5.02. The van der Waals surface area contributed by atoms with Crippen molar-refractivity contribution in [3.05, 3.63) is 68.8 Å². The van der Waals surface area contributed by atoms with E-state index in [1.165, 1.54) is 25.0 Å². The van der Waals surface area contributed by atoms with E-state index < -0.39 is 4.92 Å². The normalized spacial score (nSPS) is 14.8. The number of hydrogen-bond donors (Lipinski definition) is 0. The Balaban J connectivity index is 2.10. The molecule has 0 spiro atoms. The van der Waals surface area contributed by atoms with E-state index in [1.54, 1.807) is 6.07 Å². The lowest BCUT2D eigenvalue weighted by Crippen LogP contribution is -2.26. The molecule has 0 radical (unpaired) electrons. The minimum absolute atomic E-state index is 0.0442. The van der Waals surface area contributed by atoms with Gasteiger partial charge in [0.05, 0.1) is 10.5 Å². The maximum Gasteiger partial charge on any atom is 0.270 e. The Hall–Kier alpha value is -2.69. The van der Waals surface area contributed by atoms with E-state index in [0.717, 1.165) is 42.7 Å². The van der Waals surface area contributed by atoms with Gasteiger partial charge in [-0.2, -0.15) is 0 Å². The summed E-state index contributed by atoms with van der Waals surface area (Å²) >= 11 is 0. The highest BCUT2D eigenvalue weighted by Crippen LogP contribution is 2.30. The fraction of sp³-hybridized carbons (Fsp3) is 0.381. The van der Waals surface area contributed by atoms with Crippen LogP contribution in [0.25, 0.3) is 0 Å². The number of carbonyl (C=O) groups is 1. The van der Waals surface area contributed by atoms with Crippen molar-refractivity contribution in [1.82, 2.24) is 0 Å². The minimum Gasteiger partial charge on any atom is -0.371 e. The second-order valence-electron chi connectivity index (χ2n) is 7.01. The van der Waals surface area contributed by atoms with Gasteiger partial charge < -0.3 is 4.90 Å². The summed E-state index contributed by atoms with van der Waals surface area (Å²) < 4.78 is 0. The van der Waals surface area contributed by atoms with Crippen molar-refractivity contribution < 1.29 is 9.72 Å². The summed E-state index contributed by atoms with van der Waals surface area (Å²) in [6, 6.07) is 10.4. The molecular weight excluding hydrogens is 328 g/mol. The fourth-order valence-electron chi connectivity index (χ4n) is 3.53. The number of ketones is 1. The number of nitro groups is 1. The number of nitro benzene ring substituents is 1. The third kappa shape index (κ3) is 3.77. The summed E-state index contributed by atoms with van der Waals surface area (Å²) in [6.07, 6.45) is 4.52. The molecule has 3 rings (SSSR count). The average molecular weight is 352 g/mol. The molecule has 0 bridgehead atoms. The van der Waals surface area contributed by atoms with Crippen LogP contribution >= 0.6 is 0 Å². The Kier molecular flexibility index (Phi) is 5.35. The van der Waals surface area contributed by atoms with Crippen LogP contribution in [0.4, 0.5) is 11.4 Å². The Morgan fingerprint density at radius 3 is 2.31 bits per heavy atom. The summed E-state index contributed by atoms with van der Waals surface area (Å²) in [7, 11) is 0. The molecule has 0 unspecified atom stereocenters. The zero-order valence-corrected chi connectivity index (χ0v) is 15.3. The lowest BCUT2D eigenvalue weighted by atomic mass is 9.95. The van der Waals surface area contributed by atoms with Crippen LogP contribution in [0.1, 0.15) is 52.7 Å². The van der Waals surface area contributed by atoms with Gasteiger partial charge in [-0.05, 0) is 44.4 Å². The zero-order chi connectivity index (χ0) is 18.7. The molecule has 2 aromatic carbocycles. The number of aryl methyl sites for hydroxylation is 2. The van der Waals surface area contributed by atoms with Crippen molar-refractivity contribution in [2.75, 3.05) is 18.0 Å². The van der Waals surface area contributed by atoms with Crippen LogP contribution in [-0.2, 0) is 0 Å². The topological polar surface area (TPSA) is 63.4 Å². The van der Waals surface area contributed by atoms with E-state index in [1.807, 2.05) is 32.0 Å². The van der Waals surface area contributed by atoms with E-state index in [-0.39, 0.29) is 11.5 Å². The number of benzene rings is 2. The lowest BCUT2D eigenvalue weighted by Gasteiger charge is -2.25. The van der Waals surface area contributed by atoms with Gasteiger partial charge in [0.1, 0.15) is 0 Å². The van der Waals surface area contributed by atoms with Gasteiger partial charge in [-0.25, -0.2) is 0 Å². The molecule has 0 amide bonds. The van der Waals surface area contributed by atoms with E-state index in [2.05, 4.69) is 4.90 Å². The highest BCUT2D eigenvalue weighted by atomic mass is 16.6. The predicted molar refractivity (Wildman–Crippen MR) is 103 cm³/mol. The van der Waals surface area contributed by atoms with Crippen molar-refractivity contribution in [1.29, 1.82) is 0 Å². The van der Waals surface area contributed by atoms with Gasteiger partial charge in [-0.15, -0.1) is 0 Å². The van der Waals surface area contributed by atoms with E-state index in [0.29, 0.717) is 11.1 Å². The first-order valence-corrected chi connectivity index (χ1v) is 9.13. The first-order valence-electron chi connectivity index (χ1n) is 9.13. The maximum absolute atomic E-state index is 13.3. The number of rotatable bonds is 4. The van der Waals surface area contributed by atoms with E-state index in [4.69, 9.17) is 0 Å². The van der Waals surface area contributed by atoms with E-state index >= 15 is 0 Å². The number of carbonyl (C=O) groups excluding carboxylic acids is 1. The number of anilines is 1. The number of hydrogen-bond acceptors (Lipinski definition) is 4. The van der Waals surface area contributed by atoms with Crippen molar-refractivity contribution in [3.63, 3.8) is 0 Å². The van der Waals surface area contributed by atoms with Crippen LogP contribution in [0.3, 0.4) is 0 Å². The second kappa shape index (κ2) is 7.68. The number of nitrogens with zero attached hydrogens (tertiary/aromatic N) is 2. The molecule has 1 saturated heterocycles. The summed E-state index contributed by atoms with van der Waals surface area (Å²) in [5, 5.41) is 11.3. The molecule has 5 nitrogen and oxygen atoms in total. The summed E-state index contributed by atoms with van der Waals surface area (Å²) in [4.78, 5) is 26.3. The fourth-order valence-corrected chi connectivity index (χ4v) is 3.53. The molecule has 136 valence electrons. The summed E-state index contributed by atoms with van der Waals surface area (Å²) in [5.41, 5.74) is 3.69. The van der Waals surface area contributed by atoms with Crippen LogP contribution in [0, 0.1) is 24.0 Å². The van der Waals surface area contributed by atoms with E-state index in [9.17, 15) is 14.9 Å². The van der Waals surface area contributed by atoms with Gasteiger partial charge in [0, 0.05) is 36.5 Å². The molecule has 1 aliphatic rings. The summed E-state index contributed by atoms with van der Waals surface area (Å²) in [6.45, 7) is 5.60. The van der Waals surface area contributed by atoms with Gasteiger partial charge in [-0.1, -0.05) is 30.5 Å². The van der Waals surface area contributed by atoms with Crippen LogP contribution in [0.5, 0.6) is 0 Å². The van der Waals surface area contributed by atoms with Gasteiger partial charge in [0.15, 0.2) is 5.78 Å². The molecule has 2 aromatic rings. The Bertz CT molecular complexity index is 837. The molecule has 0 saturated carbocycles. The highest BCUT2D eigenvalue weighted by Gasteiger charge is 2.23. The molecule has 1 fully saturated rings. The van der Waals surface area contributed by atoms with Crippen molar-refractivity contribution in [3.8, 4) is 0 Å². The van der Waals surface area contributed by atoms with Crippen LogP contribution in [-0.4, -0.2) is 23.8 Å². The zero-order valence-electron chi connectivity index (χ0n) is 15.3. The Morgan fingerprint density at radius 1 is 0.962 bits per heavy atom. The smallest absolute Gasteiger partial charge is 0.270 e. The Labute approximate surface area is 153 Å². The van der Waals surface area contributed by atoms with Gasteiger partial charge in [-0.3, -0.25) is 14.9 Å². The largest absolute Gasteiger partial charge is 0.371 e. The molecule has 1 aliphatic heterocycles. The number of non-ortho nitro benzene ring substituents is 1. The van der Waals surface area contributed by atoms with Crippen LogP contribution < -0.4 is 4.90 Å². The molecule has 0 atom stereocenters. The van der Waals surface area contributed by atoms with Gasteiger partial charge in [0.2, 0.25) is 0 Å². The highest BCUT2D eigenvalue weighted by molar-refractivity contribution is 6.13. The summed E-state index contributed by atoms with van der Waals surface area (Å²) in [5.74, 6) is -0.144. The van der Waals surface area contributed by atoms with Crippen molar-refractivity contribution in [2.45, 2.75) is 39.5 Å². The van der Waals surface area contributed by atoms with Gasteiger partial charge in [0.25, 0.3) is 5.69 Å². The minimum atomic E-state index is -0.438. The molecule has 0 aromatic heterocycles. The first kappa shape index (κ1) is 18.1. The van der Waals surface area contributed by atoms with Crippen molar-refractivity contribution in [2.24, 2.45) is 0 Å². The SMILES string of the molecule is Cc1ccc(C)c(C(=O)c2cc([N+](=O)[O-])ccc2N2CCCCCC2)c1. The standard InChI is InChI=1S/C21H24N2O3/c1-15-7-8-16(2)18(13-15)21(24)19-14-17(23(25)26)9-10-20(19)22-11-5-3-4-6-12-22/h7-10,13-14H,3-6,11-12H2,1-2H3. The second-order valence-corrected chi connectivity index (χ2v) is 7.01. The maximum atomic E-state index is 13.3. The van der Waals surface area contributed by atoms with Crippen LogP contribution in [0.2, 0.25) is 0 Å². The molecule has 0 aliphatic carbocycles. The third-order valence-electron chi connectivity index (χ3n) is 5.02. The predicted octanol–water partition coefficient (Wildman–Crippen LogP) is 4.82.